The van der Waals surface area contributed by atoms with Crippen molar-refractivity contribution in [2.24, 2.45) is 23.7 Å². The van der Waals surface area contributed by atoms with Gasteiger partial charge in [-0.05, 0) is 96.5 Å². The number of rotatable bonds is 16. The summed E-state index contributed by atoms with van der Waals surface area (Å²) in [4.78, 5) is 25.8. The van der Waals surface area contributed by atoms with E-state index in [1.807, 2.05) is 48.5 Å². The summed E-state index contributed by atoms with van der Waals surface area (Å²) in [6, 6.07) is 20.4. The molecule has 0 amide bonds. The molecule has 286 valence electrons. The van der Waals surface area contributed by atoms with Gasteiger partial charge in [0.25, 0.3) is 0 Å². The van der Waals surface area contributed by atoms with Crippen LogP contribution in [0.15, 0.2) is 66.7 Å². The molecule has 4 aromatic rings. The second-order valence-electron chi connectivity index (χ2n) is 13.4. The number of cyclic esters (lactones) is 2. The minimum Gasteiger partial charge on any atom is -0.502 e. The van der Waals surface area contributed by atoms with Crippen LogP contribution in [0.25, 0.3) is 0 Å². The molecule has 12 heteroatoms. The molecule has 0 radical (unpaired) electrons. The van der Waals surface area contributed by atoms with Crippen molar-refractivity contribution in [1.82, 2.24) is 0 Å². The van der Waals surface area contributed by atoms with Gasteiger partial charge in [0.15, 0.2) is 46.0 Å². The van der Waals surface area contributed by atoms with E-state index in [9.17, 15) is 14.7 Å². The Balaban J connectivity index is 1.13. The first-order valence-corrected chi connectivity index (χ1v) is 17.7. The lowest BCUT2D eigenvalue weighted by atomic mass is 9.85. The lowest BCUT2D eigenvalue weighted by Gasteiger charge is -2.19. The van der Waals surface area contributed by atoms with Gasteiger partial charge >= 0.3 is 11.9 Å². The zero-order valence-electron chi connectivity index (χ0n) is 31.3. The summed E-state index contributed by atoms with van der Waals surface area (Å²) in [7, 11) is 9.28. The zero-order chi connectivity index (χ0) is 38.4. The highest BCUT2D eigenvalue weighted by Gasteiger charge is 2.38. The molecule has 6 rings (SSSR count). The van der Waals surface area contributed by atoms with E-state index in [4.69, 9.17) is 42.6 Å². The summed E-state index contributed by atoms with van der Waals surface area (Å²) in [6.07, 6.45) is 2.08. The van der Waals surface area contributed by atoms with Crippen molar-refractivity contribution in [3.63, 3.8) is 0 Å². The van der Waals surface area contributed by atoms with Gasteiger partial charge in [-0.15, -0.1) is 0 Å². The van der Waals surface area contributed by atoms with E-state index in [0.717, 1.165) is 22.3 Å². The molecule has 2 saturated heterocycles. The van der Waals surface area contributed by atoms with E-state index in [1.165, 1.54) is 14.2 Å². The van der Waals surface area contributed by atoms with Crippen LogP contribution in [-0.4, -0.2) is 72.9 Å². The lowest BCUT2D eigenvalue weighted by Crippen LogP contribution is -2.20. The summed E-state index contributed by atoms with van der Waals surface area (Å²) in [5.74, 6) is 2.42. The third-order valence-electron chi connectivity index (χ3n) is 10.2. The number of carbonyl (C=O) groups excluding carboxylic acids is 2. The molecular formula is C42H46O12. The number of hydrogen-bond acceptors (Lipinski definition) is 12. The molecule has 54 heavy (non-hydrogen) atoms. The monoisotopic (exact) mass is 742 g/mol. The summed E-state index contributed by atoms with van der Waals surface area (Å²) in [5.41, 5.74) is 3.67. The standard InChI is InChI=1S/C42H46O12/c1-46-32-10-7-24(17-35(32)47-2)13-28-22-52-41(44)30(28)15-25-8-11-33(36(18-25)48-3)54-34-12-9-26(19-37(34)49-4)16-31-29(23-53-42(31)45)14-27-20-38(50-5)40(43)39(21-27)51-6/h7-12,17-21,28-31,43H,13-16,22-23H2,1-6H3. The quantitative estimate of drug-likeness (QED) is 0.128. The van der Waals surface area contributed by atoms with E-state index >= 15 is 0 Å². The molecule has 0 spiro atoms. The second-order valence-corrected chi connectivity index (χ2v) is 13.4. The molecular weight excluding hydrogens is 696 g/mol. The number of aromatic hydroxyl groups is 1. The first-order chi connectivity index (χ1) is 26.2. The first kappa shape index (κ1) is 38.0. The van der Waals surface area contributed by atoms with Crippen LogP contribution in [0.2, 0.25) is 0 Å². The van der Waals surface area contributed by atoms with E-state index in [0.29, 0.717) is 78.3 Å². The Morgan fingerprint density at radius 1 is 0.481 bits per heavy atom. The van der Waals surface area contributed by atoms with Crippen LogP contribution >= 0.6 is 0 Å². The van der Waals surface area contributed by atoms with E-state index in [2.05, 4.69) is 0 Å². The molecule has 0 aliphatic carbocycles. The lowest BCUT2D eigenvalue weighted by molar-refractivity contribution is -0.142. The van der Waals surface area contributed by atoms with Crippen LogP contribution in [0.3, 0.4) is 0 Å². The van der Waals surface area contributed by atoms with E-state index in [-0.39, 0.29) is 42.0 Å². The smallest absolute Gasteiger partial charge is 0.309 e. The Morgan fingerprint density at radius 3 is 1.26 bits per heavy atom. The molecule has 1 N–H and O–H groups in total. The van der Waals surface area contributed by atoms with Gasteiger partial charge in [0, 0.05) is 11.8 Å². The Morgan fingerprint density at radius 2 is 0.833 bits per heavy atom. The van der Waals surface area contributed by atoms with Crippen molar-refractivity contribution in [2.45, 2.75) is 25.7 Å². The number of phenolic OH excluding ortho intramolecular Hbond substituents is 1. The molecule has 0 saturated carbocycles. The van der Waals surface area contributed by atoms with E-state index in [1.54, 1.807) is 46.6 Å². The highest BCUT2D eigenvalue weighted by molar-refractivity contribution is 5.76. The summed E-state index contributed by atoms with van der Waals surface area (Å²) >= 11 is 0. The molecule has 4 aromatic carbocycles. The number of methoxy groups -OCH3 is 6. The largest absolute Gasteiger partial charge is 0.502 e. The maximum atomic E-state index is 12.9. The van der Waals surface area contributed by atoms with Crippen LogP contribution < -0.4 is 33.2 Å². The summed E-state index contributed by atoms with van der Waals surface area (Å²) in [5, 5.41) is 10.3. The number of phenols is 1. The zero-order valence-corrected chi connectivity index (χ0v) is 31.3. The van der Waals surface area contributed by atoms with E-state index < -0.39 is 5.92 Å². The number of benzene rings is 4. The normalized spacial score (nSPS) is 19.1. The van der Waals surface area contributed by atoms with Crippen LogP contribution in [-0.2, 0) is 44.7 Å². The molecule has 2 heterocycles. The SMILES string of the molecule is COc1ccc(CC2COC(=O)C2Cc2ccc(Oc3ccc(CC4C(=O)OCC4Cc4cc(OC)c(O)c(OC)c4)cc3OC)c(OC)c2)cc1OC. The van der Waals surface area contributed by atoms with Gasteiger partial charge in [0.05, 0.1) is 67.7 Å². The minimum atomic E-state index is -0.393. The number of esters is 2. The fourth-order valence-electron chi connectivity index (χ4n) is 7.26. The van der Waals surface area contributed by atoms with Crippen LogP contribution in [0, 0.1) is 23.7 Å². The highest BCUT2D eigenvalue weighted by Crippen LogP contribution is 2.42. The van der Waals surface area contributed by atoms with Crippen molar-refractivity contribution >= 4 is 11.9 Å². The maximum Gasteiger partial charge on any atom is 0.309 e. The fraction of sp³-hybridized carbons (Fsp3) is 0.381. The van der Waals surface area contributed by atoms with Gasteiger partial charge in [-0.3, -0.25) is 9.59 Å². The molecule has 2 aliphatic rings. The predicted molar refractivity (Wildman–Crippen MR) is 198 cm³/mol. The van der Waals surface area contributed by atoms with Crippen molar-refractivity contribution < 1.29 is 57.3 Å². The summed E-state index contributed by atoms with van der Waals surface area (Å²) < 4.78 is 50.2. The average Bonchev–Trinajstić information content (AvgIpc) is 3.71. The Bertz CT molecular complexity index is 1950. The molecule has 12 nitrogen and oxygen atoms in total. The topological polar surface area (TPSA) is 137 Å². The van der Waals surface area contributed by atoms with Crippen LogP contribution in [0.4, 0.5) is 0 Å². The molecule has 4 unspecified atom stereocenters. The van der Waals surface area contributed by atoms with Crippen molar-refractivity contribution in [3.05, 3.63) is 89.0 Å². The molecule has 0 aromatic heterocycles. The minimum absolute atomic E-state index is 0.0125. The maximum absolute atomic E-state index is 12.9. The molecule has 2 aliphatic heterocycles. The van der Waals surface area contributed by atoms with Gasteiger partial charge in [-0.1, -0.05) is 18.2 Å². The van der Waals surface area contributed by atoms with Gasteiger partial charge in [0.2, 0.25) is 5.75 Å². The molecule has 4 atom stereocenters. The third-order valence-corrected chi connectivity index (χ3v) is 10.2. The molecule has 2 fully saturated rings. The number of ether oxygens (including phenoxy) is 9. The highest BCUT2D eigenvalue weighted by atomic mass is 16.6. The average molecular weight is 743 g/mol. The van der Waals surface area contributed by atoms with Gasteiger partial charge in [-0.25, -0.2) is 0 Å². The Hall–Kier alpha value is -5.78. The fourth-order valence-corrected chi connectivity index (χ4v) is 7.26. The molecule has 0 bridgehead atoms. The number of carbonyl (C=O) groups is 2. The summed E-state index contributed by atoms with van der Waals surface area (Å²) in [6.45, 7) is 0.626. The van der Waals surface area contributed by atoms with Gasteiger partial charge < -0.3 is 47.7 Å². The first-order valence-electron chi connectivity index (χ1n) is 17.7. The number of hydrogen-bond donors (Lipinski definition) is 1. The Labute approximate surface area is 314 Å². The van der Waals surface area contributed by atoms with Gasteiger partial charge in [0.1, 0.15) is 0 Å². The van der Waals surface area contributed by atoms with Crippen molar-refractivity contribution in [2.75, 3.05) is 55.9 Å². The second kappa shape index (κ2) is 16.9. The van der Waals surface area contributed by atoms with Crippen molar-refractivity contribution in [3.8, 4) is 51.7 Å². The Kier molecular flexibility index (Phi) is 11.9. The van der Waals surface area contributed by atoms with Crippen LogP contribution in [0.5, 0.6) is 51.7 Å². The van der Waals surface area contributed by atoms with Crippen molar-refractivity contribution in [1.29, 1.82) is 0 Å². The third kappa shape index (κ3) is 8.22. The van der Waals surface area contributed by atoms with Crippen LogP contribution in [0.1, 0.15) is 22.3 Å². The predicted octanol–water partition coefficient (Wildman–Crippen LogP) is 6.38. The van der Waals surface area contributed by atoms with Gasteiger partial charge in [-0.2, -0.15) is 0 Å².